The first-order valence-electron chi connectivity index (χ1n) is 24.4. The van der Waals surface area contributed by atoms with Gasteiger partial charge in [-0.25, -0.2) is 8.78 Å². The third-order valence-electron chi connectivity index (χ3n) is 13.5. The fraction of sp³-hybridized carbons (Fsp3) is 0.0164. The molecule has 0 aliphatic rings. The number of aryl methyl sites for hydroxylation is 1. The number of hydrogen-bond acceptors (Lipinski definition) is 4. The van der Waals surface area contributed by atoms with Crippen LogP contribution in [0.15, 0.2) is 194 Å². The maximum Gasteiger partial charge on any atom is 0.134 e. The molecule has 0 aliphatic carbocycles. The molecule has 16 rings (SSSR count). The minimum atomic E-state index is -0.264. The lowest BCUT2D eigenvalue weighted by Gasteiger charge is -1.95. The van der Waals surface area contributed by atoms with E-state index in [4.69, 9.17) is 11.6 Å². The van der Waals surface area contributed by atoms with Crippen LogP contribution in [-0.4, -0.2) is 60.7 Å². The molecule has 15 heteroatoms. The Labute approximate surface area is 435 Å². The Bertz CT molecular complexity index is 4370. The first-order chi connectivity index (χ1) is 37.3. The van der Waals surface area contributed by atoms with Crippen molar-refractivity contribution in [3.05, 3.63) is 216 Å². The van der Waals surface area contributed by atoms with Crippen molar-refractivity contribution in [1.82, 2.24) is 60.7 Å². The fourth-order valence-corrected chi connectivity index (χ4v) is 9.99. The molecule has 8 aromatic heterocycles. The van der Waals surface area contributed by atoms with E-state index in [-0.39, 0.29) is 11.6 Å². The second-order valence-electron chi connectivity index (χ2n) is 18.4. The summed E-state index contributed by atoms with van der Waals surface area (Å²) >= 11 is 6.14. The Morgan fingerprint density at radius 1 is 0.368 bits per heavy atom. The number of para-hydroxylation sites is 5. The van der Waals surface area contributed by atoms with E-state index in [9.17, 15) is 8.78 Å². The lowest BCUT2D eigenvalue weighted by atomic mass is 10.1. The molecule has 0 saturated carbocycles. The van der Waals surface area contributed by atoms with Gasteiger partial charge in [-0.15, -0.1) is 0 Å². The lowest BCUT2D eigenvalue weighted by Crippen LogP contribution is -1.81. The van der Waals surface area contributed by atoms with Crippen molar-refractivity contribution in [1.29, 1.82) is 0 Å². The fourth-order valence-electron chi connectivity index (χ4n) is 9.77. The van der Waals surface area contributed by atoms with Gasteiger partial charge in [-0.2, -0.15) is 20.4 Å². The second kappa shape index (κ2) is 19.1. The van der Waals surface area contributed by atoms with Gasteiger partial charge in [0.15, 0.2) is 0 Å². The number of benzene rings is 8. The van der Waals surface area contributed by atoms with E-state index in [0.717, 1.165) is 105 Å². The van der Waals surface area contributed by atoms with Gasteiger partial charge in [0.1, 0.15) is 34.2 Å². The smallest absolute Gasteiger partial charge is 0.134 e. The number of aromatic nitrogens is 12. The van der Waals surface area contributed by atoms with Gasteiger partial charge in [-0.1, -0.05) is 114 Å². The van der Waals surface area contributed by atoms with E-state index in [1.165, 1.54) is 34.5 Å². The zero-order valence-electron chi connectivity index (χ0n) is 40.4. The Kier molecular flexibility index (Phi) is 11.5. The van der Waals surface area contributed by atoms with Crippen molar-refractivity contribution in [2.24, 2.45) is 0 Å². The first kappa shape index (κ1) is 45.8. The topological polar surface area (TPSA) is 178 Å². The van der Waals surface area contributed by atoms with Crippen LogP contribution in [0, 0.1) is 18.6 Å². The van der Waals surface area contributed by atoms with E-state index >= 15 is 0 Å². The lowest BCUT2D eigenvalue weighted by molar-refractivity contribution is 0.629. The molecule has 0 radical (unpaired) electrons. The molecule has 16 aromatic rings. The van der Waals surface area contributed by atoms with Gasteiger partial charge in [0.05, 0.1) is 55.4 Å². The predicted octanol–water partition coefficient (Wildman–Crippen LogP) is 16.1. The summed E-state index contributed by atoms with van der Waals surface area (Å²) in [6, 6.07) is 62.4. The molecule has 0 unspecified atom stereocenters. The van der Waals surface area contributed by atoms with Crippen molar-refractivity contribution in [2.75, 3.05) is 0 Å². The van der Waals surface area contributed by atoms with Gasteiger partial charge in [-0.05, 0) is 104 Å². The third kappa shape index (κ3) is 8.57. The van der Waals surface area contributed by atoms with E-state index in [0.29, 0.717) is 21.6 Å². The van der Waals surface area contributed by atoms with Crippen molar-refractivity contribution in [2.45, 2.75) is 6.92 Å². The van der Waals surface area contributed by atoms with Crippen LogP contribution in [0.3, 0.4) is 0 Å². The summed E-state index contributed by atoms with van der Waals surface area (Å²) in [5.41, 5.74) is 16.0. The number of rotatable bonds is 4. The van der Waals surface area contributed by atoms with Gasteiger partial charge >= 0.3 is 0 Å². The van der Waals surface area contributed by atoms with E-state index in [2.05, 4.69) is 122 Å². The van der Waals surface area contributed by atoms with Gasteiger partial charge < -0.3 is 19.9 Å². The Morgan fingerprint density at radius 3 is 1.41 bits per heavy atom. The van der Waals surface area contributed by atoms with Crippen LogP contribution in [0.1, 0.15) is 5.56 Å². The molecule has 0 amide bonds. The SMILES string of the molecule is Cc1ccc2[nH]nc(-c3cc4ccccc4[nH]3)c2c1.Clc1cccc2c(-c3cc4ccccc4[nH]3)[nH]nc12.Fc1ccc2[nH]nc(-c3cc4ccccc4[nH]3)c2c1.Fc1cccc2[nH]nc(-c3cc4ccccc4[nH]3)c12. The summed E-state index contributed by atoms with van der Waals surface area (Å²) in [5.74, 6) is -0.522. The third-order valence-corrected chi connectivity index (χ3v) is 13.8. The average molecular weight is 1020 g/mol. The van der Waals surface area contributed by atoms with Crippen molar-refractivity contribution >= 4 is 98.8 Å². The molecule has 0 atom stereocenters. The van der Waals surface area contributed by atoms with Gasteiger partial charge in [0, 0.05) is 59.8 Å². The van der Waals surface area contributed by atoms with Gasteiger partial charge in [-0.3, -0.25) is 20.4 Å². The quantitative estimate of drug-likeness (QED) is 0.0875. The first-order valence-corrected chi connectivity index (χ1v) is 24.8. The summed E-state index contributed by atoms with van der Waals surface area (Å²) in [5, 5.41) is 37.9. The number of nitrogens with zero attached hydrogens (tertiary/aromatic N) is 4. The van der Waals surface area contributed by atoms with Crippen molar-refractivity contribution in [3.63, 3.8) is 0 Å². The molecule has 0 saturated heterocycles. The Balaban J connectivity index is 0.0000000970. The van der Waals surface area contributed by atoms with Crippen LogP contribution in [-0.2, 0) is 0 Å². The zero-order valence-corrected chi connectivity index (χ0v) is 41.2. The summed E-state index contributed by atoms with van der Waals surface area (Å²) < 4.78 is 27.3. The van der Waals surface area contributed by atoms with Crippen LogP contribution >= 0.6 is 11.6 Å². The number of H-pyrrole nitrogens is 8. The second-order valence-corrected chi connectivity index (χ2v) is 18.8. The summed E-state index contributed by atoms with van der Waals surface area (Å²) in [6.45, 7) is 2.10. The number of nitrogens with one attached hydrogen (secondary N) is 8. The highest BCUT2D eigenvalue weighted by Crippen LogP contribution is 2.34. The maximum atomic E-state index is 13.9. The maximum absolute atomic E-state index is 13.9. The van der Waals surface area contributed by atoms with Crippen LogP contribution in [0.2, 0.25) is 5.02 Å². The Morgan fingerprint density at radius 2 is 0.829 bits per heavy atom. The largest absolute Gasteiger partial charge is 0.353 e. The molecule has 0 fully saturated rings. The number of fused-ring (bicyclic) bond motifs is 8. The molecule has 12 nitrogen and oxygen atoms in total. The molecule has 8 heterocycles. The number of halogens is 3. The van der Waals surface area contributed by atoms with Crippen LogP contribution < -0.4 is 0 Å². The van der Waals surface area contributed by atoms with Crippen molar-refractivity contribution in [3.8, 4) is 45.6 Å². The van der Waals surface area contributed by atoms with E-state index < -0.39 is 0 Å². The molecule has 0 aliphatic heterocycles. The summed E-state index contributed by atoms with van der Waals surface area (Å²) in [6.07, 6.45) is 0. The average Bonchev–Trinajstić information content (AvgIpc) is 4.31. The number of aromatic amines is 8. The predicted molar refractivity (Wildman–Crippen MR) is 303 cm³/mol. The minimum Gasteiger partial charge on any atom is -0.353 e. The summed E-state index contributed by atoms with van der Waals surface area (Å²) in [7, 11) is 0. The standard InChI is InChI=1S/C16H13N3.C15H10ClN3.2C15H10FN3/c1-10-6-7-14-12(8-10)16(19-18-14)15-9-11-4-2-3-5-13(11)17-15;16-11-6-3-5-10-14(11)18-19-15(10)13-8-9-4-1-2-7-12(9)17-13;16-10-5-3-7-12-14(10)15(19-18-12)13-8-9-4-1-2-6-11(9)17-13;16-10-5-6-13-11(8-10)15(19-18-13)14-7-9-3-1-2-4-12(9)17-14/h2-9,17H,1H3,(H,18,19);3*1-8,17H,(H,18,19). The van der Waals surface area contributed by atoms with Crippen LogP contribution in [0.5, 0.6) is 0 Å². The molecule has 368 valence electrons. The monoisotopic (exact) mass is 1020 g/mol. The molecule has 76 heavy (non-hydrogen) atoms. The van der Waals surface area contributed by atoms with Crippen molar-refractivity contribution < 1.29 is 8.78 Å². The molecular formula is C61H43ClF2N12. The zero-order chi connectivity index (χ0) is 51.3. The molecular weight excluding hydrogens is 974 g/mol. The molecule has 0 spiro atoms. The van der Waals surface area contributed by atoms with Crippen LogP contribution in [0.25, 0.3) is 133 Å². The van der Waals surface area contributed by atoms with Crippen LogP contribution in [0.4, 0.5) is 8.78 Å². The normalized spacial score (nSPS) is 11.4. The summed E-state index contributed by atoms with van der Waals surface area (Å²) in [4.78, 5) is 13.4. The van der Waals surface area contributed by atoms with Gasteiger partial charge in [0.25, 0.3) is 0 Å². The Hall–Kier alpha value is -10.1. The van der Waals surface area contributed by atoms with Gasteiger partial charge in [0.2, 0.25) is 0 Å². The van der Waals surface area contributed by atoms with E-state index in [1.807, 2.05) is 109 Å². The van der Waals surface area contributed by atoms with E-state index in [1.54, 1.807) is 12.1 Å². The number of hydrogen-bond donors (Lipinski definition) is 8. The molecule has 8 N–H and O–H groups in total. The highest BCUT2D eigenvalue weighted by atomic mass is 35.5. The molecule has 0 bridgehead atoms. The highest BCUT2D eigenvalue weighted by molar-refractivity contribution is 6.35. The molecule has 8 aromatic carbocycles. The highest BCUT2D eigenvalue weighted by Gasteiger charge is 2.16. The minimum absolute atomic E-state index is 0.258.